The van der Waals surface area contributed by atoms with Crippen LogP contribution in [0.2, 0.25) is 0 Å². The standard InChI is InChI=1S/C14H18BrN/c15-13-9-11(14(16)7-1-2-8-14)5-6-12(13)10-3-4-10/h5-6,9-10H,1-4,7-8,16H2. The van der Waals surface area contributed by atoms with Crippen LogP contribution in [0, 0.1) is 0 Å². The molecule has 1 aromatic rings. The Morgan fingerprint density at radius 2 is 1.88 bits per heavy atom. The molecule has 0 amide bonds. The summed E-state index contributed by atoms with van der Waals surface area (Å²) in [5, 5.41) is 0. The molecule has 2 aliphatic rings. The van der Waals surface area contributed by atoms with Gasteiger partial charge >= 0.3 is 0 Å². The zero-order valence-electron chi connectivity index (χ0n) is 9.51. The minimum absolute atomic E-state index is 0.0510. The van der Waals surface area contributed by atoms with Gasteiger partial charge in [0.2, 0.25) is 0 Å². The summed E-state index contributed by atoms with van der Waals surface area (Å²) in [4.78, 5) is 0. The van der Waals surface area contributed by atoms with Crippen LogP contribution in [0.4, 0.5) is 0 Å². The second kappa shape index (κ2) is 3.85. The molecule has 3 rings (SSSR count). The number of hydrogen-bond acceptors (Lipinski definition) is 1. The minimum Gasteiger partial charge on any atom is -0.321 e. The van der Waals surface area contributed by atoms with Crippen molar-refractivity contribution in [2.24, 2.45) is 5.73 Å². The molecule has 0 unspecified atom stereocenters. The summed E-state index contributed by atoms with van der Waals surface area (Å²) in [5.41, 5.74) is 9.22. The first kappa shape index (κ1) is 10.8. The molecule has 2 heteroatoms. The van der Waals surface area contributed by atoms with E-state index in [0.717, 1.165) is 18.8 Å². The number of halogens is 1. The molecule has 0 radical (unpaired) electrons. The fraction of sp³-hybridized carbons (Fsp3) is 0.571. The van der Waals surface area contributed by atoms with E-state index in [1.165, 1.54) is 41.3 Å². The van der Waals surface area contributed by atoms with Crippen molar-refractivity contribution in [1.29, 1.82) is 0 Å². The lowest BCUT2D eigenvalue weighted by Gasteiger charge is -2.25. The molecule has 2 fully saturated rings. The smallest absolute Gasteiger partial charge is 0.0410 e. The summed E-state index contributed by atoms with van der Waals surface area (Å²) >= 11 is 3.70. The summed E-state index contributed by atoms with van der Waals surface area (Å²) < 4.78 is 1.27. The van der Waals surface area contributed by atoms with E-state index >= 15 is 0 Å². The zero-order chi connectivity index (χ0) is 11.2. The highest BCUT2D eigenvalue weighted by Gasteiger charge is 2.32. The normalized spacial score (nSPS) is 23.6. The van der Waals surface area contributed by atoms with Crippen LogP contribution in [0.1, 0.15) is 55.6 Å². The predicted molar refractivity (Wildman–Crippen MR) is 70.5 cm³/mol. The first-order chi connectivity index (χ1) is 7.69. The van der Waals surface area contributed by atoms with Crippen molar-refractivity contribution < 1.29 is 0 Å². The Bertz CT molecular complexity index is 403. The summed E-state index contributed by atoms with van der Waals surface area (Å²) in [6.45, 7) is 0. The van der Waals surface area contributed by atoms with E-state index in [1.54, 1.807) is 0 Å². The van der Waals surface area contributed by atoms with E-state index in [-0.39, 0.29) is 5.54 Å². The molecule has 2 saturated carbocycles. The van der Waals surface area contributed by atoms with E-state index in [9.17, 15) is 0 Å². The van der Waals surface area contributed by atoms with Crippen LogP contribution in [0.15, 0.2) is 22.7 Å². The molecule has 1 nitrogen and oxygen atoms in total. The predicted octanol–water partition coefficient (Wildman–Crippen LogP) is 4.05. The van der Waals surface area contributed by atoms with Gasteiger partial charge in [-0.15, -0.1) is 0 Å². The molecule has 1 aromatic carbocycles. The average molecular weight is 280 g/mol. The topological polar surface area (TPSA) is 26.0 Å². The fourth-order valence-electron chi connectivity index (χ4n) is 2.86. The van der Waals surface area contributed by atoms with Gasteiger partial charge in [-0.05, 0) is 48.8 Å². The first-order valence-electron chi connectivity index (χ1n) is 6.28. The highest BCUT2D eigenvalue weighted by atomic mass is 79.9. The molecule has 0 spiro atoms. The molecule has 2 aliphatic carbocycles. The van der Waals surface area contributed by atoms with E-state index in [4.69, 9.17) is 5.73 Å². The van der Waals surface area contributed by atoms with E-state index in [2.05, 4.69) is 34.1 Å². The Labute approximate surface area is 106 Å². The SMILES string of the molecule is NC1(c2ccc(C3CC3)c(Br)c2)CCCC1. The summed E-state index contributed by atoms with van der Waals surface area (Å²) in [5.74, 6) is 0.806. The lowest BCUT2D eigenvalue weighted by molar-refractivity contribution is 0.461. The van der Waals surface area contributed by atoms with Crippen LogP contribution < -0.4 is 5.73 Å². The maximum Gasteiger partial charge on any atom is 0.0410 e. The van der Waals surface area contributed by atoms with Gasteiger partial charge in [-0.1, -0.05) is 40.9 Å². The molecule has 0 aliphatic heterocycles. The largest absolute Gasteiger partial charge is 0.321 e. The number of benzene rings is 1. The highest BCUT2D eigenvalue weighted by molar-refractivity contribution is 9.10. The summed E-state index contributed by atoms with van der Waals surface area (Å²) in [6, 6.07) is 6.80. The summed E-state index contributed by atoms with van der Waals surface area (Å²) in [6.07, 6.45) is 7.54. The van der Waals surface area contributed by atoms with Gasteiger partial charge in [0.15, 0.2) is 0 Å². The van der Waals surface area contributed by atoms with E-state index in [1.807, 2.05) is 0 Å². The van der Waals surface area contributed by atoms with Crippen molar-refractivity contribution >= 4 is 15.9 Å². The lowest BCUT2D eigenvalue weighted by atomic mass is 9.88. The fourth-order valence-corrected chi connectivity index (χ4v) is 3.56. The van der Waals surface area contributed by atoms with Crippen LogP contribution in [-0.2, 0) is 5.54 Å². The number of nitrogens with two attached hydrogens (primary N) is 1. The van der Waals surface area contributed by atoms with E-state index < -0.39 is 0 Å². The highest BCUT2D eigenvalue weighted by Crippen LogP contribution is 2.45. The third-order valence-electron chi connectivity index (χ3n) is 4.09. The summed E-state index contributed by atoms with van der Waals surface area (Å²) in [7, 11) is 0. The molecule has 2 N–H and O–H groups in total. The Balaban J connectivity index is 1.93. The Morgan fingerprint density at radius 1 is 1.19 bits per heavy atom. The molecular formula is C14H18BrN. The van der Waals surface area contributed by atoms with Gasteiger partial charge in [0.25, 0.3) is 0 Å². The van der Waals surface area contributed by atoms with Crippen molar-refractivity contribution in [1.82, 2.24) is 0 Å². The van der Waals surface area contributed by atoms with Crippen molar-refractivity contribution in [2.75, 3.05) is 0 Å². The van der Waals surface area contributed by atoms with Crippen molar-refractivity contribution in [3.8, 4) is 0 Å². The van der Waals surface area contributed by atoms with Gasteiger partial charge in [0.1, 0.15) is 0 Å². The van der Waals surface area contributed by atoms with Crippen LogP contribution in [0.25, 0.3) is 0 Å². The molecule has 16 heavy (non-hydrogen) atoms. The quantitative estimate of drug-likeness (QED) is 0.868. The van der Waals surface area contributed by atoms with Gasteiger partial charge in [-0.25, -0.2) is 0 Å². The van der Waals surface area contributed by atoms with Gasteiger partial charge in [0.05, 0.1) is 0 Å². The monoisotopic (exact) mass is 279 g/mol. The number of hydrogen-bond donors (Lipinski definition) is 1. The van der Waals surface area contributed by atoms with Crippen LogP contribution in [0.3, 0.4) is 0 Å². The zero-order valence-corrected chi connectivity index (χ0v) is 11.1. The van der Waals surface area contributed by atoms with E-state index in [0.29, 0.717) is 0 Å². The lowest BCUT2D eigenvalue weighted by Crippen LogP contribution is -2.33. The second-order valence-corrected chi connectivity index (χ2v) is 6.23. The minimum atomic E-state index is -0.0510. The van der Waals surface area contributed by atoms with Crippen molar-refractivity contribution in [3.05, 3.63) is 33.8 Å². The van der Waals surface area contributed by atoms with Crippen LogP contribution in [-0.4, -0.2) is 0 Å². The average Bonchev–Trinajstić information content (AvgIpc) is 3.01. The third kappa shape index (κ3) is 1.82. The maximum atomic E-state index is 6.47. The molecule has 0 atom stereocenters. The van der Waals surface area contributed by atoms with Gasteiger partial charge in [-0.2, -0.15) is 0 Å². The molecular weight excluding hydrogens is 262 g/mol. The van der Waals surface area contributed by atoms with Gasteiger partial charge in [0, 0.05) is 10.0 Å². The van der Waals surface area contributed by atoms with Gasteiger partial charge in [-0.3, -0.25) is 0 Å². The maximum absolute atomic E-state index is 6.47. The van der Waals surface area contributed by atoms with Crippen molar-refractivity contribution in [2.45, 2.75) is 50.0 Å². The third-order valence-corrected chi connectivity index (χ3v) is 4.78. The molecule has 86 valence electrons. The number of rotatable bonds is 2. The second-order valence-electron chi connectivity index (χ2n) is 5.37. The van der Waals surface area contributed by atoms with Crippen molar-refractivity contribution in [3.63, 3.8) is 0 Å². The van der Waals surface area contributed by atoms with Gasteiger partial charge < -0.3 is 5.73 Å². The van der Waals surface area contributed by atoms with Crippen LogP contribution in [0.5, 0.6) is 0 Å². The Hall–Kier alpha value is -0.340. The molecule has 0 bridgehead atoms. The molecule has 0 aromatic heterocycles. The molecule has 0 saturated heterocycles. The first-order valence-corrected chi connectivity index (χ1v) is 7.07. The van der Waals surface area contributed by atoms with Crippen LogP contribution >= 0.6 is 15.9 Å². The Morgan fingerprint density at radius 3 is 2.44 bits per heavy atom. The Kier molecular flexibility index (Phi) is 2.60. The molecule has 0 heterocycles.